The molecule has 174 valence electrons. The number of ether oxygens (including phenoxy) is 2. The Hall–Kier alpha value is -1.55. The molecule has 1 aromatic carbocycles. The summed E-state index contributed by atoms with van der Waals surface area (Å²) in [6, 6.07) is 8.35. The summed E-state index contributed by atoms with van der Waals surface area (Å²) in [7, 11) is 3.50. The molecule has 0 saturated heterocycles. The number of aliphatic imine (C=N–C) groups is 1. The Labute approximate surface area is 203 Å². The summed E-state index contributed by atoms with van der Waals surface area (Å²) in [6.07, 6.45) is 6.39. The maximum atomic E-state index is 12.1. The molecule has 8 heteroatoms. The number of nitrogens with zero attached hydrogens (tertiary/aromatic N) is 2. The molecule has 1 amide bonds. The van der Waals surface area contributed by atoms with Gasteiger partial charge in [-0.05, 0) is 45.1 Å². The number of para-hydroxylation sites is 1. The van der Waals surface area contributed by atoms with E-state index in [1.807, 2.05) is 19.1 Å². The van der Waals surface area contributed by atoms with Gasteiger partial charge in [0.2, 0.25) is 5.91 Å². The summed E-state index contributed by atoms with van der Waals surface area (Å²) in [5, 5.41) is 6.97. The molecule has 7 nitrogen and oxygen atoms in total. The number of hydrogen-bond donors (Lipinski definition) is 2. The summed E-state index contributed by atoms with van der Waals surface area (Å²) in [5.41, 5.74) is 1.06. The summed E-state index contributed by atoms with van der Waals surface area (Å²) in [4.78, 5) is 18.2. The highest BCUT2D eigenvalue weighted by Crippen LogP contribution is 2.46. The fourth-order valence-corrected chi connectivity index (χ4v) is 4.20. The van der Waals surface area contributed by atoms with Crippen LogP contribution in [0, 0.1) is 0 Å². The van der Waals surface area contributed by atoms with E-state index in [1.54, 1.807) is 19.0 Å². The number of hydrogen-bond acceptors (Lipinski definition) is 4. The van der Waals surface area contributed by atoms with Gasteiger partial charge in [0.1, 0.15) is 17.9 Å². The third-order valence-electron chi connectivity index (χ3n) is 5.86. The van der Waals surface area contributed by atoms with Gasteiger partial charge in [-0.15, -0.1) is 24.0 Å². The molecular weight excluding hydrogens is 507 g/mol. The molecule has 1 fully saturated rings. The van der Waals surface area contributed by atoms with Crippen LogP contribution >= 0.6 is 24.0 Å². The third kappa shape index (κ3) is 7.24. The highest BCUT2D eigenvalue weighted by atomic mass is 127. The van der Waals surface area contributed by atoms with Crippen LogP contribution in [-0.2, 0) is 9.53 Å². The zero-order chi connectivity index (χ0) is 21.4. The van der Waals surface area contributed by atoms with Gasteiger partial charge >= 0.3 is 0 Å². The maximum Gasteiger partial charge on any atom is 0.243 e. The molecule has 1 aliphatic carbocycles. The molecule has 1 heterocycles. The average Bonchev–Trinajstić information content (AvgIpc) is 3.18. The normalized spacial score (nSPS) is 19.2. The summed E-state index contributed by atoms with van der Waals surface area (Å²) >= 11 is 0. The van der Waals surface area contributed by atoms with Gasteiger partial charge in [0.25, 0.3) is 0 Å². The third-order valence-corrected chi connectivity index (χ3v) is 5.86. The van der Waals surface area contributed by atoms with Crippen LogP contribution in [0.4, 0.5) is 0 Å². The van der Waals surface area contributed by atoms with E-state index < -0.39 is 0 Å². The van der Waals surface area contributed by atoms with Crippen molar-refractivity contribution in [1.29, 1.82) is 0 Å². The van der Waals surface area contributed by atoms with Gasteiger partial charge in [-0.25, -0.2) is 4.99 Å². The largest absolute Gasteiger partial charge is 0.487 e. The molecule has 1 aliphatic heterocycles. The van der Waals surface area contributed by atoms with E-state index >= 15 is 0 Å². The number of halogens is 1. The second-order valence-electron chi connectivity index (χ2n) is 8.36. The molecule has 0 aromatic heterocycles. The van der Waals surface area contributed by atoms with Gasteiger partial charge in [-0.3, -0.25) is 4.79 Å². The lowest BCUT2D eigenvalue weighted by Crippen LogP contribution is -2.47. The Morgan fingerprint density at radius 2 is 2.03 bits per heavy atom. The summed E-state index contributed by atoms with van der Waals surface area (Å²) in [5.74, 6) is 1.60. The van der Waals surface area contributed by atoms with E-state index in [4.69, 9.17) is 9.47 Å². The lowest BCUT2D eigenvalue weighted by molar-refractivity contribution is -0.127. The van der Waals surface area contributed by atoms with Crippen LogP contribution in [0.2, 0.25) is 0 Å². The van der Waals surface area contributed by atoms with E-state index in [1.165, 1.54) is 12.8 Å². The zero-order valence-corrected chi connectivity index (χ0v) is 21.3. The van der Waals surface area contributed by atoms with Crippen molar-refractivity contribution < 1.29 is 14.3 Å². The fraction of sp³-hybridized carbons (Fsp3) is 0.652. The molecule has 2 aliphatic rings. The molecule has 1 unspecified atom stereocenters. The van der Waals surface area contributed by atoms with Crippen molar-refractivity contribution in [2.75, 3.05) is 40.4 Å². The van der Waals surface area contributed by atoms with Crippen LogP contribution in [0.25, 0.3) is 0 Å². The van der Waals surface area contributed by atoms with Crippen LogP contribution in [-0.4, -0.2) is 62.8 Å². The van der Waals surface area contributed by atoms with Crippen molar-refractivity contribution >= 4 is 35.8 Å². The lowest BCUT2D eigenvalue weighted by atomic mass is 9.86. The molecular formula is C23H37IN4O3. The highest BCUT2D eigenvalue weighted by Gasteiger charge is 2.43. The van der Waals surface area contributed by atoms with Crippen molar-refractivity contribution in [2.24, 2.45) is 4.99 Å². The van der Waals surface area contributed by atoms with Crippen LogP contribution < -0.4 is 15.4 Å². The lowest BCUT2D eigenvalue weighted by Gasteiger charge is -2.40. The van der Waals surface area contributed by atoms with Crippen LogP contribution in [0.1, 0.15) is 57.1 Å². The van der Waals surface area contributed by atoms with Crippen molar-refractivity contribution in [3.63, 3.8) is 0 Å². The fourth-order valence-electron chi connectivity index (χ4n) is 4.20. The number of nitrogens with one attached hydrogen (secondary N) is 2. The van der Waals surface area contributed by atoms with Crippen molar-refractivity contribution in [3.05, 3.63) is 29.8 Å². The smallest absolute Gasteiger partial charge is 0.243 e. The number of rotatable bonds is 8. The first-order valence-corrected chi connectivity index (χ1v) is 11.1. The number of carbonyl (C=O) groups is 1. The Balaban J connectivity index is 0.00000341. The molecule has 0 bridgehead atoms. The number of guanidine groups is 1. The average molecular weight is 544 g/mol. The molecule has 1 atom stereocenters. The monoisotopic (exact) mass is 544 g/mol. The van der Waals surface area contributed by atoms with Crippen molar-refractivity contribution in [1.82, 2.24) is 15.5 Å². The number of fused-ring (bicyclic) bond motifs is 1. The molecule has 1 aromatic rings. The summed E-state index contributed by atoms with van der Waals surface area (Å²) in [6.45, 7) is 4.27. The maximum absolute atomic E-state index is 12.1. The topological polar surface area (TPSA) is 75.2 Å². The Morgan fingerprint density at radius 3 is 2.74 bits per heavy atom. The van der Waals surface area contributed by atoms with E-state index in [9.17, 15) is 4.79 Å². The Morgan fingerprint density at radius 1 is 1.29 bits per heavy atom. The first kappa shape index (κ1) is 25.7. The van der Waals surface area contributed by atoms with E-state index in [2.05, 4.69) is 27.8 Å². The minimum atomic E-state index is -0.0917. The second-order valence-corrected chi connectivity index (χ2v) is 8.36. The van der Waals surface area contributed by atoms with Crippen molar-refractivity contribution in [3.8, 4) is 5.75 Å². The van der Waals surface area contributed by atoms with Crippen LogP contribution in [0.15, 0.2) is 29.3 Å². The Kier molecular flexibility index (Phi) is 10.3. The second kappa shape index (κ2) is 12.5. The van der Waals surface area contributed by atoms with Gasteiger partial charge in [0.05, 0.1) is 6.04 Å². The van der Waals surface area contributed by atoms with Crippen LogP contribution in [0.5, 0.6) is 5.75 Å². The predicted molar refractivity (Wildman–Crippen MR) is 134 cm³/mol. The van der Waals surface area contributed by atoms with Gasteiger partial charge in [-0.2, -0.15) is 0 Å². The first-order chi connectivity index (χ1) is 14.5. The number of benzene rings is 1. The number of likely N-dealkylation sites (N-methyl/N-ethyl adjacent to an activating group) is 1. The standard InChI is InChI=1S/C23H36N4O3.HI/c1-4-29-15-9-14-24-22(25-17-21(28)27(2)3)26-19-16-23(12-7-8-13-23)30-20-11-6-5-10-18(19)20;/h5-6,10-11,19H,4,7-9,12-17H2,1-3H3,(H2,24,25,26);1H. The van der Waals surface area contributed by atoms with Gasteiger partial charge in [0.15, 0.2) is 5.96 Å². The van der Waals surface area contributed by atoms with Gasteiger partial charge < -0.3 is 25.0 Å². The molecule has 0 radical (unpaired) electrons. The summed E-state index contributed by atoms with van der Waals surface area (Å²) < 4.78 is 11.9. The zero-order valence-electron chi connectivity index (χ0n) is 19.0. The predicted octanol–water partition coefficient (Wildman–Crippen LogP) is 3.49. The van der Waals surface area contributed by atoms with Crippen molar-refractivity contribution in [2.45, 2.75) is 57.1 Å². The minimum absolute atomic E-state index is 0. The minimum Gasteiger partial charge on any atom is -0.487 e. The molecule has 1 saturated carbocycles. The first-order valence-electron chi connectivity index (χ1n) is 11.1. The molecule has 1 spiro atoms. The van der Waals surface area contributed by atoms with E-state index in [0.717, 1.165) is 50.1 Å². The number of carbonyl (C=O) groups excluding carboxylic acids is 1. The van der Waals surface area contributed by atoms with E-state index in [-0.39, 0.29) is 48.1 Å². The molecule has 2 N–H and O–H groups in total. The Bertz CT molecular complexity index is 735. The quantitative estimate of drug-likeness (QED) is 0.227. The molecule has 3 rings (SSSR count). The molecule has 31 heavy (non-hydrogen) atoms. The SMILES string of the molecule is CCOCCCNC(=NCC(=O)N(C)C)NC1CC2(CCCC2)Oc2ccccc21.I. The van der Waals surface area contributed by atoms with Gasteiger partial charge in [0, 0.05) is 45.8 Å². The van der Waals surface area contributed by atoms with Gasteiger partial charge in [-0.1, -0.05) is 18.2 Å². The van der Waals surface area contributed by atoms with Crippen LogP contribution in [0.3, 0.4) is 0 Å². The highest BCUT2D eigenvalue weighted by molar-refractivity contribution is 14.0. The number of amides is 1. The van der Waals surface area contributed by atoms with E-state index in [0.29, 0.717) is 12.6 Å².